The number of nitrogen functional groups attached to an aromatic ring is 1. The number of nitrogens with zero attached hydrogens (tertiary/aromatic N) is 2. The predicted molar refractivity (Wildman–Crippen MR) is 60.3 cm³/mol. The smallest absolute Gasteiger partial charge is 0.390 e. The number of aromatic nitrogens is 2. The molecule has 1 rings (SSSR count). The molecule has 0 aliphatic heterocycles. The van der Waals surface area contributed by atoms with Crippen LogP contribution in [-0.4, -0.2) is 15.3 Å². The number of halogens is 3. The molecule has 0 aromatic carbocycles. The van der Waals surface area contributed by atoms with Crippen molar-refractivity contribution in [2.75, 3.05) is 5.73 Å². The molecule has 0 unspecified atom stereocenters. The Bertz CT molecular complexity index is 531. The highest BCUT2D eigenvalue weighted by atomic mass is 19.4. The lowest BCUT2D eigenvalue weighted by Crippen LogP contribution is -2.41. The van der Waals surface area contributed by atoms with E-state index >= 15 is 0 Å². The minimum absolute atomic E-state index is 0.231. The van der Waals surface area contributed by atoms with Gasteiger partial charge in [0.2, 0.25) is 0 Å². The lowest BCUT2D eigenvalue weighted by atomic mass is 10.4. The van der Waals surface area contributed by atoms with Gasteiger partial charge in [-0.05, 0) is 6.42 Å². The van der Waals surface area contributed by atoms with Crippen LogP contribution < -0.4 is 17.0 Å². The zero-order valence-corrected chi connectivity index (χ0v) is 9.83. The molecule has 0 saturated heterocycles. The van der Waals surface area contributed by atoms with Crippen LogP contribution in [0, 0.1) is 0 Å². The molecule has 0 amide bonds. The predicted octanol–water partition coefficient (Wildman–Crippen LogP) is 0.955. The highest BCUT2D eigenvalue weighted by molar-refractivity contribution is 5.30. The molecular formula is C10H14F3N3O2. The third-order valence-electron chi connectivity index (χ3n) is 2.35. The fourth-order valence-electron chi connectivity index (χ4n) is 1.51. The normalized spacial score (nSPS) is 11.8. The minimum atomic E-state index is -4.42. The molecule has 0 fully saturated rings. The Hall–Kier alpha value is -1.73. The lowest BCUT2D eigenvalue weighted by Gasteiger charge is -2.11. The molecule has 0 aliphatic carbocycles. The molecule has 0 saturated carbocycles. The molecule has 0 spiro atoms. The fourth-order valence-corrected chi connectivity index (χ4v) is 1.51. The van der Waals surface area contributed by atoms with Crippen molar-refractivity contribution in [1.82, 2.24) is 9.13 Å². The van der Waals surface area contributed by atoms with Gasteiger partial charge in [-0.3, -0.25) is 13.9 Å². The zero-order valence-electron chi connectivity index (χ0n) is 9.83. The van der Waals surface area contributed by atoms with E-state index in [-0.39, 0.29) is 5.69 Å². The van der Waals surface area contributed by atoms with Gasteiger partial charge in [0, 0.05) is 19.3 Å². The van der Waals surface area contributed by atoms with E-state index in [1.807, 2.05) is 0 Å². The van der Waals surface area contributed by atoms with Crippen LogP contribution in [0.5, 0.6) is 0 Å². The van der Waals surface area contributed by atoms with Crippen molar-refractivity contribution in [3.63, 3.8) is 0 Å². The Morgan fingerprint density at radius 1 is 1.28 bits per heavy atom. The Kier molecular flexibility index (Phi) is 4.20. The molecular weight excluding hydrogens is 251 g/mol. The molecule has 1 heterocycles. The summed E-state index contributed by atoms with van der Waals surface area (Å²) in [5.74, 6) is 0. The van der Waals surface area contributed by atoms with Crippen LogP contribution in [-0.2, 0) is 13.1 Å². The van der Waals surface area contributed by atoms with Crippen molar-refractivity contribution >= 4 is 5.69 Å². The standard InChI is InChI=1S/C10H14F3N3O2/c1-2-4-15-6-7(14)8(17)16(9(15)18)5-3-10(11,12)13/h6H,2-5,14H2,1H3. The van der Waals surface area contributed by atoms with Gasteiger partial charge in [0.15, 0.2) is 0 Å². The molecule has 102 valence electrons. The summed E-state index contributed by atoms with van der Waals surface area (Å²) in [6, 6.07) is 0. The second-order valence-electron chi connectivity index (χ2n) is 3.88. The van der Waals surface area contributed by atoms with Crippen molar-refractivity contribution in [2.24, 2.45) is 0 Å². The summed E-state index contributed by atoms with van der Waals surface area (Å²) in [7, 11) is 0. The van der Waals surface area contributed by atoms with Gasteiger partial charge >= 0.3 is 11.9 Å². The minimum Gasteiger partial charge on any atom is -0.393 e. The van der Waals surface area contributed by atoms with Gasteiger partial charge in [-0.2, -0.15) is 13.2 Å². The molecule has 5 nitrogen and oxygen atoms in total. The first-order valence-electron chi connectivity index (χ1n) is 5.42. The summed E-state index contributed by atoms with van der Waals surface area (Å²) in [4.78, 5) is 23.3. The zero-order chi connectivity index (χ0) is 13.9. The largest absolute Gasteiger partial charge is 0.393 e. The fraction of sp³-hybridized carbons (Fsp3) is 0.600. The van der Waals surface area contributed by atoms with E-state index in [4.69, 9.17) is 5.73 Å². The summed E-state index contributed by atoms with van der Waals surface area (Å²) < 4.78 is 38.0. The molecule has 8 heteroatoms. The van der Waals surface area contributed by atoms with E-state index in [2.05, 4.69) is 0 Å². The summed E-state index contributed by atoms with van der Waals surface area (Å²) in [5, 5.41) is 0. The first-order valence-corrected chi connectivity index (χ1v) is 5.42. The summed E-state index contributed by atoms with van der Waals surface area (Å²) in [6.45, 7) is 1.39. The van der Waals surface area contributed by atoms with Gasteiger partial charge in [0.25, 0.3) is 5.56 Å². The SMILES string of the molecule is CCCn1cc(N)c(=O)n(CCC(F)(F)F)c1=O. The van der Waals surface area contributed by atoms with E-state index in [0.717, 1.165) is 10.8 Å². The van der Waals surface area contributed by atoms with E-state index in [9.17, 15) is 22.8 Å². The number of hydrogen-bond donors (Lipinski definition) is 1. The highest BCUT2D eigenvalue weighted by Gasteiger charge is 2.27. The van der Waals surface area contributed by atoms with E-state index in [1.54, 1.807) is 6.92 Å². The molecule has 1 aromatic rings. The van der Waals surface area contributed by atoms with Crippen LogP contribution in [0.25, 0.3) is 0 Å². The van der Waals surface area contributed by atoms with Crippen LogP contribution >= 0.6 is 0 Å². The van der Waals surface area contributed by atoms with Gasteiger partial charge in [0.05, 0.1) is 6.42 Å². The van der Waals surface area contributed by atoms with E-state index < -0.39 is 30.4 Å². The van der Waals surface area contributed by atoms with Crippen molar-refractivity contribution in [1.29, 1.82) is 0 Å². The van der Waals surface area contributed by atoms with E-state index in [0.29, 0.717) is 17.5 Å². The second kappa shape index (κ2) is 5.28. The lowest BCUT2D eigenvalue weighted by molar-refractivity contribution is -0.137. The number of hydrogen-bond acceptors (Lipinski definition) is 3. The molecule has 18 heavy (non-hydrogen) atoms. The van der Waals surface area contributed by atoms with Crippen LogP contribution in [0.4, 0.5) is 18.9 Å². The van der Waals surface area contributed by atoms with Crippen LogP contribution in [0.15, 0.2) is 15.8 Å². The van der Waals surface area contributed by atoms with Crippen LogP contribution in [0.2, 0.25) is 0 Å². The molecule has 2 N–H and O–H groups in total. The number of aryl methyl sites for hydroxylation is 1. The van der Waals surface area contributed by atoms with Crippen molar-refractivity contribution in [3.05, 3.63) is 27.0 Å². The Labute approximate surface area is 101 Å². The first kappa shape index (κ1) is 14.3. The van der Waals surface area contributed by atoms with Crippen molar-refractivity contribution < 1.29 is 13.2 Å². The number of nitrogens with two attached hydrogens (primary N) is 1. The summed E-state index contributed by atoms with van der Waals surface area (Å²) in [5.41, 5.74) is 3.51. The Morgan fingerprint density at radius 3 is 2.39 bits per heavy atom. The average Bonchev–Trinajstić information content (AvgIpc) is 2.24. The maximum atomic E-state index is 12.1. The van der Waals surface area contributed by atoms with Crippen molar-refractivity contribution in [3.8, 4) is 0 Å². The number of rotatable bonds is 4. The second-order valence-corrected chi connectivity index (χ2v) is 3.88. The monoisotopic (exact) mass is 265 g/mol. The van der Waals surface area contributed by atoms with Crippen LogP contribution in [0.3, 0.4) is 0 Å². The molecule has 0 aliphatic rings. The number of alkyl halides is 3. The number of anilines is 1. The quantitative estimate of drug-likeness (QED) is 0.881. The van der Waals surface area contributed by atoms with Gasteiger partial charge in [-0.25, -0.2) is 4.79 Å². The van der Waals surface area contributed by atoms with Gasteiger partial charge in [0.1, 0.15) is 5.69 Å². The Balaban J connectivity index is 3.17. The molecule has 0 atom stereocenters. The van der Waals surface area contributed by atoms with E-state index in [1.165, 1.54) is 0 Å². The van der Waals surface area contributed by atoms with Gasteiger partial charge < -0.3 is 5.73 Å². The summed E-state index contributed by atoms with van der Waals surface area (Å²) >= 11 is 0. The maximum Gasteiger partial charge on any atom is 0.390 e. The average molecular weight is 265 g/mol. The van der Waals surface area contributed by atoms with Gasteiger partial charge in [-0.15, -0.1) is 0 Å². The highest BCUT2D eigenvalue weighted by Crippen LogP contribution is 2.19. The molecule has 0 bridgehead atoms. The van der Waals surface area contributed by atoms with Crippen molar-refractivity contribution in [2.45, 2.75) is 39.0 Å². The molecule has 1 aromatic heterocycles. The topological polar surface area (TPSA) is 70.0 Å². The third kappa shape index (κ3) is 3.38. The maximum absolute atomic E-state index is 12.1. The summed E-state index contributed by atoms with van der Waals surface area (Å²) in [6.07, 6.45) is -3.89. The third-order valence-corrected chi connectivity index (χ3v) is 2.35. The Morgan fingerprint density at radius 2 is 1.89 bits per heavy atom. The van der Waals surface area contributed by atoms with Gasteiger partial charge in [-0.1, -0.05) is 6.92 Å². The molecule has 0 radical (unpaired) electrons. The van der Waals surface area contributed by atoms with Crippen LogP contribution in [0.1, 0.15) is 19.8 Å². The first-order chi connectivity index (χ1) is 8.26.